The highest BCUT2D eigenvalue weighted by atomic mass is 32.1. The molecule has 0 aliphatic carbocycles. The molecule has 7 heteroatoms. The number of carbonyl (C=O) groups excluding carboxylic acids is 1. The van der Waals surface area contributed by atoms with Crippen LogP contribution < -0.4 is 10.1 Å². The SMILES string of the molecule is COc1ccc(C=O)cc1-c1cc2c(Nc3ccc4[nH]ccc4c3)c(C#N)cnc2s1. The van der Waals surface area contributed by atoms with Gasteiger partial charge in [-0.1, -0.05) is 0 Å². The van der Waals surface area contributed by atoms with E-state index in [9.17, 15) is 10.1 Å². The lowest BCUT2D eigenvalue weighted by Gasteiger charge is -2.10. The van der Waals surface area contributed by atoms with E-state index in [2.05, 4.69) is 21.4 Å². The van der Waals surface area contributed by atoms with E-state index in [1.54, 1.807) is 31.5 Å². The topological polar surface area (TPSA) is 90.8 Å². The van der Waals surface area contributed by atoms with Crippen LogP contribution in [0, 0.1) is 11.3 Å². The van der Waals surface area contributed by atoms with Gasteiger partial charge in [0.05, 0.1) is 18.4 Å². The fourth-order valence-electron chi connectivity index (χ4n) is 3.61. The summed E-state index contributed by atoms with van der Waals surface area (Å²) in [6, 6.07) is 17.5. The van der Waals surface area contributed by atoms with Gasteiger partial charge in [0.25, 0.3) is 0 Å². The molecule has 5 rings (SSSR count). The quantitative estimate of drug-likeness (QED) is 0.344. The summed E-state index contributed by atoms with van der Waals surface area (Å²) in [5.41, 5.74) is 4.47. The van der Waals surface area contributed by atoms with Crippen molar-refractivity contribution in [3.8, 4) is 22.3 Å². The number of aromatic nitrogens is 2. The Labute approximate surface area is 181 Å². The van der Waals surface area contributed by atoms with E-state index in [0.29, 0.717) is 22.6 Å². The Morgan fingerprint density at radius 3 is 2.90 bits per heavy atom. The first-order chi connectivity index (χ1) is 15.2. The summed E-state index contributed by atoms with van der Waals surface area (Å²) in [6.45, 7) is 0. The minimum Gasteiger partial charge on any atom is -0.496 e. The summed E-state index contributed by atoms with van der Waals surface area (Å²) in [5.74, 6) is 0.671. The Morgan fingerprint density at radius 1 is 1.19 bits per heavy atom. The number of nitriles is 1. The smallest absolute Gasteiger partial charge is 0.150 e. The number of aromatic amines is 1. The number of methoxy groups -OCH3 is 1. The number of thiophene rings is 1. The molecule has 2 N–H and O–H groups in total. The molecular weight excluding hydrogens is 408 g/mol. The maximum absolute atomic E-state index is 11.3. The summed E-state index contributed by atoms with van der Waals surface area (Å²) in [7, 11) is 1.60. The average molecular weight is 424 g/mol. The second-order valence-corrected chi connectivity index (χ2v) is 8.00. The van der Waals surface area contributed by atoms with E-state index in [0.717, 1.165) is 43.5 Å². The summed E-state index contributed by atoms with van der Waals surface area (Å²) in [4.78, 5) is 20.6. The first kappa shape index (κ1) is 18.9. The molecule has 0 fully saturated rings. The van der Waals surface area contributed by atoms with Crippen LogP contribution >= 0.6 is 11.3 Å². The van der Waals surface area contributed by atoms with Crippen molar-refractivity contribution in [3.63, 3.8) is 0 Å². The molecule has 6 nitrogen and oxygen atoms in total. The Balaban J connectivity index is 1.66. The van der Waals surface area contributed by atoms with Crippen molar-refractivity contribution >= 4 is 50.1 Å². The second kappa shape index (κ2) is 7.59. The zero-order valence-corrected chi connectivity index (χ0v) is 17.3. The molecule has 0 atom stereocenters. The van der Waals surface area contributed by atoms with E-state index in [1.807, 2.05) is 36.5 Å². The highest BCUT2D eigenvalue weighted by molar-refractivity contribution is 7.22. The van der Waals surface area contributed by atoms with Gasteiger partial charge in [-0.05, 0) is 48.5 Å². The van der Waals surface area contributed by atoms with Crippen molar-refractivity contribution in [1.82, 2.24) is 9.97 Å². The fraction of sp³-hybridized carbons (Fsp3) is 0.0417. The number of anilines is 2. The van der Waals surface area contributed by atoms with Gasteiger partial charge in [-0.2, -0.15) is 5.26 Å². The van der Waals surface area contributed by atoms with Crippen molar-refractivity contribution in [2.45, 2.75) is 0 Å². The van der Waals surface area contributed by atoms with E-state index >= 15 is 0 Å². The van der Waals surface area contributed by atoms with Gasteiger partial charge in [0.1, 0.15) is 22.9 Å². The molecule has 0 aliphatic heterocycles. The molecule has 0 amide bonds. The Kier molecular flexibility index (Phi) is 4.62. The van der Waals surface area contributed by atoms with Crippen molar-refractivity contribution in [2.75, 3.05) is 12.4 Å². The Bertz CT molecular complexity index is 1490. The predicted octanol–water partition coefficient (Wildman–Crippen LogP) is 5.88. The third-order valence-corrected chi connectivity index (χ3v) is 6.21. The van der Waals surface area contributed by atoms with Crippen LogP contribution in [0.1, 0.15) is 15.9 Å². The summed E-state index contributed by atoms with van der Waals surface area (Å²) in [6.07, 6.45) is 4.29. The molecule has 0 radical (unpaired) electrons. The number of nitrogens with zero attached hydrogens (tertiary/aromatic N) is 2. The van der Waals surface area contributed by atoms with E-state index in [4.69, 9.17) is 4.74 Å². The number of pyridine rings is 1. The molecule has 3 heterocycles. The minimum absolute atomic E-state index is 0.458. The van der Waals surface area contributed by atoms with Gasteiger partial charge in [0.15, 0.2) is 0 Å². The number of carbonyl (C=O) groups is 1. The third-order valence-electron chi connectivity index (χ3n) is 5.13. The minimum atomic E-state index is 0.458. The number of rotatable bonds is 5. The van der Waals surface area contributed by atoms with Crippen molar-refractivity contribution in [1.29, 1.82) is 5.26 Å². The van der Waals surface area contributed by atoms with Crippen molar-refractivity contribution in [2.24, 2.45) is 0 Å². The van der Waals surface area contributed by atoms with E-state index in [-0.39, 0.29) is 0 Å². The van der Waals surface area contributed by atoms with Gasteiger partial charge in [-0.25, -0.2) is 4.98 Å². The summed E-state index contributed by atoms with van der Waals surface area (Å²) in [5, 5.41) is 15.0. The zero-order valence-electron chi connectivity index (χ0n) is 16.5. The molecule has 31 heavy (non-hydrogen) atoms. The van der Waals surface area contributed by atoms with Crippen molar-refractivity contribution in [3.05, 3.63) is 72.1 Å². The lowest BCUT2D eigenvalue weighted by atomic mass is 10.1. The molecule has 5 aromatic rings. The number of nitrogens with one attached hydrogen (secondary N) is 2. The van der Waals surface area contributed by atoms with Gasteiger partial charge in [-0.15, -0.1) is 11.3 Å². The first-order valence-corrected chi connectivity index (χ1v) is 10.3. The van der Waals surface area contributed by atoms with Crippen LogP contribution in [0.5, 0.6) is 5.75 Å². The predicted molar refractivity (Wildman–Crippen MR) is 123 cm³/mol. The van der Waals surface area contributed by atoms with Crippen LogP contribution in [0.15, 0.2) is 60.9 Å². The maximum Gasteiger partial charge on any atom is 0.150 e. The second-order valence-electron chi connectivity index (χ2n) is 6.97. The van der Waals surface area contributed by atoms with Crippen molar-refractivity contribution < 1.29 is 9.53 Å². The van der Waals surface area contributed by atoms with Crippen LogP contribution in [-0.2, 0) is 0 Å². The van der Waals surface area contributed by atoms with Crippen LogP contribution in [-0.4, -0.2) is 23.4 Å². The number of hydrogen-bond acceptors (Lipinski definition) is 6. The van der Waals surface area contributed by atoms with Gasteiger partial charge in [0, 0.05) is 50.4 Å². The third kappa shape index (κ3) is 3.29. The molecule has 0 aliphatic rings. The number of benzene rings is 2. The molecule has 0 saturated carbocycles. The molecule has 0 spiro atoms. The largest absolute Gasteiger partial charge is 0.496 e. The lowest BCUT2D eigenvalue weighted by molar-refractivity contribution is 0.112. The molecule has 150 valence electrons. The normalized spacial score (nSPS) is 10.8. The number of ether oxygens (including phenoxy) is 1. The van der Waals surface area contributed by atoms with E-state index in [1.165, 1.54) is 11.3 Å². The zero-order chi connectivity index (χ0) is 21.4. The maximum atomic E-state index is 11.3. The first-order valence-electron chi connectivity index (χ1n) is 9.50. The van der Waals surface area contributed by atoms with Gasteiger partial charge in [0.2, 0.25) is 0 Å². The van der Waals surface area contributed by atoms with Crippen LogP contribution in [0.4, 0.5) is 11.4 Å². The fourth-order valence-corrected chi connectivity index (χ4v) is 4.64. The Morgan fingerprint density at radius 2 is 2.10 bits per heavy atom. The highest BCUT2D eigenvalue weighted by Crippen LogP contribution is 2.41. The monoisotopic (exact) mass is 424 g/mol. The Hall–Kier alpha value is -4.15. The van der Waals surface area contributed by atoms with Gasteiger partial charge < -0.3 is 15.0 Å². The molecule has 3 aromatic heterocycles. The summed E-state index contributed by atoms with van der Waals surface area (Å²) < 4.78 is 5.50. The standard InChI is InChI=1S/C24H16N4O2S/c1-30-21-5-2-14(13-29)8-18(21)22-10-19-23(16(11-25)12-27-24(19)31-22)28-17-3-4-20-15(9-17)6-7-26-20/h2-10,12-13,26H,1H3,(H,27,28). The van der Waals surface area contributed by atoms with Crippen LogP contribution in [0.2, 0.25) is 0 Å². The van der Waals surface area contributed by atoms with Crippen LogP contribution in [0.3, 0.4) is 0 Å². The number of aldehydes is 1. The molecule has 0 unspecified atom stereocenters. The lowest BCUT2D eigenvalue weighted by Crippen LogP contribution is -1.95. The molecular formula is C24H16N4O2S. The van der Waals surface area contributed by atoms with Gasteiger partial charge in [-0.3, -0.25) is 4.79 Å². The van der Waals surface area contributed by atoms with Crippen LogP contribution in [0.25, 0.3) is 31.6 Å². The molecule has 2 aromatic carbocycles. The average Bonchev–Trinajstić information content (AvgIpc) is 3.45. The molecule has 0 bridgehead atoms. The number of H-pyrrole nitrogens is 1. The molecule has 0 saturated heterocycles. The van der Waals surface area contributed by atoms with E-state index < -0.39 is 0 Å². The van der Waals surface area contributed by atoms with Gasteiger partial charge >= 0.3 is 0 Å². The summed E-state index contributed by atoms with van der Waals surface area (Å²) >= 11 is 1.49. The number of fused-ring (bicyclic) bond motifs is 2. The highest BCUT2D eigenvalue weighted by Gasteiger charge is 2.16. The number of hydrogen-bond donors (Lipinski definition) is 2.